The van der Waals surface area contributed by atoms with Crippen LogP contribution in [-0.2, 0) is 6.54 Å². The molecule has 0 saturated carbocycles. The van der Waals surface area contributed by atoms with Crippen LogP contribution in [0.5, 0.6) is 0 Å². The number of hydrogen-bond acceptors (Lipinski definition) is 2. The van der Waals surface area contributed by atoms with Crippen LogP contribution in [0.25, 0.3) is 0 Å². The fourth-order valence-electron chi connectivity index (χ4n) is 1.08. The van der Waals surface area contributed by atoms with Gasteiger partial charge in [0.1, 0.15) is 0 Å². The van der Waals surface area contributed by atoms with Crippen molar-refractivity contribution < 1.29 is 0 Å². The summed E-state index contributed by atoms with van der Waals surface area (Å²) in [5.74, 6) is 0. The normalized spacial score (nSPS) is 9.92. The molecule has 1 aromatic heterocycles. The number of nitrogens with two attached hydrogens (primary N) is 1. The molecule has 0 atom stereocenters. The first-order chi connectivity index (χ1) is 6.20. The summed E-state index contributed by atoms with van der Waals surface area (Å²) in [4.78, 5) is 4.03. The average Bonchev–Trinajstić information content (AvgIpc) is 2.45. The molecule has 1 aromatic rings. The Morgan fingerprint density at radius 3 is 3.08 bits per heavy atom. The number of nitrogens with zero attached hydrogens (tertiary/aromatic N) is 2. The fourth-order valence-corrected chi connectivity index (χ4v) is 1.18. The molecule has 0 unspecified atom stereocenters. The molecule has 0 amide bonds. The van der Waals surface area contributed by atoms with Gasteiger partial charge in [0.25, 0.3) is 0 Å². The van der Waals surface area contributed by atoms with Crippen LogP contribution in [0.15, 0.2) is 12.5 Å². The molecular formula is C8H14N4S. The Morgan fingerprint density at radius 2 is 2.54 bits per heavy atom. The summed E-state index contributed by atoms with van der Waals surface area (Å²) in [7, 11) is 0. The lowest BCUT2D eigenvalue weighted by atomic mass is 10.4. The highest BCUT2D eigenvalue weighted by atomic mass is 32.1. The predicted molar refractivity (Wildman–Crippen MR) is 56.4 cm³/mol. The number of nitrogens with one attached hydrogen (secondary N) is 1. The summed E-state index contributed by atoms with van der Waals surface area (Å²) in [5, 5.41) is 3.27. The zero-order chi connectivity index (χ0) is 9.68. The largest absolute Gasteiger partial charge is 0.376 e. The van der Waals surface area contributed by atoms with Crippen molar-refractivity contribution in [3.05, 3.63) is 18.2 Å². The fraction of sp³-hybridized carbons (Fsp3) is 0.500. The van der Waals surface area contributed by atoms with E-state index in [4.69, 9.17) is 5.73 Å². The molecule has 1 heterocycles. The summed E-state index contributed by atoms with van der Waals surface area (Å²) in [6.45, 7) is 3.79. The van der Waals surface area contributed by atoms with E-state index in [0.29, 0.717) is 5.11 Å². The molecule has 0 bridgehead atoms. The Labute approximate surface area is 83.1 Å². The van der Waals surface area contributed by atoms with Crippen molar-refractivity contribution in [2.75, 3.05) is 6.54 Å². The minimum absolute atomic E-state index is 0.363. The van der Waals surface area contributed by atoms with E-state index in [2.05, 4.69) is 27.1 Å². The summed E-state index contributed by atoms with van der Waals surface area (Å²) in [6, 6.07) is 0. The molecular weight excluding hydrogens is 184 g/mol. The highest BCUT2D eigenvalue weighted by Crippen LogP contribution is 1.97. The van der Waals surface area contributed by atoms with Crippen molar-refractivity contribution >= 4 is 17.3 Å². The average molecular weight is 198 g/mol. The quantitative estimate of drug-likeness (QED) is 0.543. The van der Waals surface area contributed by atoms with Crippen LogP contribution in [0.4, 0.5) is 0 Å². The second-order valence-corrected chi connectivity index (χ2v) is 3.31. The predicted octanol–water partition coefficient (Wildman–Crippen LogP) is 0.415. The Morgan fingerprint density at radius 1 is 1.77 bits per heavy atom. The van der Waals surface area contributed by atoms with Gasteiger partial charge in [0.2, 0.25) is 0 Å². The van der Waals surface area contributed by atoms with Crippen molar-refractivity contribution in [2.24, 2.45) is 5.73 Å². The summed E-state index contributed by atoms with van der Waals surface area (Å²) in [5.41, 5.74) is 6.46. The van der Waals surface area contributed by atoms with E-state index in [1.165, 1.54) is 5.69 Å². The molecule has 0 radical (unpaired) electrons. The highest BCUT2D eigenvalue weighted by Gasteiger charge is 1.95. The third kappa shape index (κ3) is 3.42. The van der Waals surface area contributed by atoms with E-state index < -0.39 is 0 Å². The van der Waals surface area contributed by atoms with Gasteiger partial charge < -0.3 is 15.6 Å². The second-order valence-electron chi connectivity index (χ2n) is 2.87. The number of rotatable bonds is 4. The molecule has 4 nitrogen and oxygen atoms in total. The van der Waals surface area contributed by atoms with Gasteiger partial charge in [-0.25, -0.2) is 4.98 Å². The summed E-state index contributed by atoms with van der Waals surface area (Å²) >= 11 is 4.68. The molecule has 3 N–H and O–H groups in total. The summed E-state index contributed by atoms with van der Waals surface area (Å²) < 4.78 is 2.10. The zero-order valence-electron chi connectivity index (χ0n) is 7.66. The number of imidazole rings is 1. The molecule has 13 heavy (non-hydrogen) atoms. The van der Waals surface area contributed by atoms with Gasteiger partial charge in [-0.1, -0.05) is 0 Å². The van der Waals surface area contributed by atoms with Crippen LogP contribution < -0.4 is 11.1 Å². The molecule has 0 aromatic carbocycles. The van der Waals surface area contributed by atoms with Crippen molar-refractivity contribution in [2.45, 2.75) is 19.9 Å². The Kier molecular flexibility index (Phi) is 3.70. The van der Waals surface area contributed by atoms with Crippen LogP contribution in [-0.4, -0.2) is 21.2 Å². The van der Waals surface area contributed by atoms with E-state index in [1.54, 1.807) is 0 Å². The molecule has 0 fully saturated rings. The standard InChI is InChI=1S/C8H14N4S/c1-7-5-10-6-12(7)4-2-3-11-8(9)13/h5-6H,2-4H2,1H3,(H3,9,11,13). The third-order valence-corrected chi connectivity index (χ3v) is 1.94. The minimum atomic E-state index is 0.363. The number of hydrogen-bond donors (Lipinski definition) is 2. The highest BCUT2D eigenvalue weighted by molar-refractivity contribution is 7.80. The molecule has 1 rings (SSSR count). The van der Waals surface area contributed by atoms with Gasteiger partial charge >= 0.3 is 0 Å². The Bertz CT molecular complexity index is 281. The summed E-state index contributed by atoms with van der Waals surface area (Å²) in [6.07, 6.45) is 4.67. The van der Waals surface area contributed by atoms with Crippen molar-refractivity contribution in [3.8, 4) is 0 Å². The van der Waals surface area contributed by atoms with Crippen LogP contribution in [0.2, 0.25) is 0 Å². The van der Waals surface area contributed by atoms with Gasteiger partial charge in [0.05, 0.1) is 6.33 Å². The molecule has 0 aliphatic carbocycles. The van der Waals surface area contributed by atoms with Crippen LogP contribution in [0.3, 0.4) is 0 Å². The first kappa shape index (κ1) is 9.98. The molecule has 0 spiro atoms. The van der Waals surface area contributed by atoms with E-state index in [1.807, 2.05) is 19.4 Å². The first-order valence-electron chi connectivity index (χ1n) is 4.20. The van der Waals surface area contributed by atoms with Crippen LogP contribution in [0.1, 0.15) is 12.1 Å². The van der Waals surface area contributed by atoms with E-state index in [0.717, 1.165) is 19.5 Å². The number of aromatic nitrogens is 2. The van der Waals surface area contributed by atoms with Gasteiger partial charge in [-0.3, -0.25) is 0 Å². The maximum Gasteiger partial charge on any atom is 0.163 e. The zero-order valence-corrected chi connectivity index (χ0v) is 8.47. The SMILES string of the molecule is Cc1cncn1CCCNC(N)=S. The van der Waals surface area contributed by atoms with Gasteiger partial charge in [-0.15, -0.1) is 0 Å². The Hall–Kier alpha value is -1.10. The van der Waals surface area contributed by atoms with Crippen molar-refractivity contribution in [1.82, 2.24) is 14.9 Å². The molecule has 0 saturated heterocycles. The van der Waals surface area contributed by atoms with E-state index in [9.17, 15) is 0 Å². The topological polar surface area (TPSA) is 55.9 Å². The van der Waals surface area contributed by atoms with Crippen LogP contribution >= 0.6 is 12.2 Å². The monoisotopic (exact) mass is 198 g/mol. The Balaban J connectivity index is 2.20. The van der Waals surface area contributed by atoms with Gasteiger partial charge in [0, 0.05) is 25.0 Å². The lowest BCUT2D eigenvalue weighted by molar-refractivity contribution is 0.619. The maximum absolute atomic E-state index is 5.28. The van der Waals surface area contributed by atoms with Crippen molar-refractivity contribution in [3.63, 3.8) is 0 Å². The van der Waals surface area contributed by atoms with E-state index >= 15 is 0 Å². The van der Waals surface area contributed by atoms with E-state index in [-0.39, 0.29) is 0 Å². The number of thiocarbonyl (C=S) groups is 1. The van der Waals surface area contributed by atoms with Crippen LogP contribution in [0, 0.1) is 6.92 Å². The number of aryl methyl sites for hydroxylation is 2. The van der Waals surface area contributed by atoms with Crippen molar-refractivity contribution in [1.29, 1.82) is 0 Å². The maximum atomic E-state index is 5.28. The molecule has 0 aliphatic heterocycles. The van der Waals surface area contributed by atoms with Gasteiger partial charge in [-0.2, -0.15) is 0 Å². The first-order valence-corrected chi connectivity index (χ1v) is 4.61. The molecule has 5 heteroatoms. The second kappa shape index (κ2) is 4.81. The van der Waals surface area contributed by atoms with Gasteiger partial charge in [0.15, 0.2) is 5.11 Å². The lowest BCUT2D eigenvalue weighted by Gasteiger charge is -2.05. The van der Waals surface area contributed by atoms with Gasteiger partial charge in [-0.05, 0) is 25.6 Å². The minimum Gasteiger partial charge on any atom is -0.376 e. The molecule has 72 valence electrons. The third-order valence-electron chi connectivity index (χ3n) is 1.80. The molecule has 0 aliphatic rings. The lowest BCUT2D eigenvalue weighted by Crippen LogP contribution is -2.30. The smallest absolute Gasteiger partial charge is 0.163 e.